The number of fused-ring (bicyclic) bond motifs is 1. The molecule has 3 heterocycles. The third-order valence-corrected chi connectivity index (χ3v) is 7.30. The normalized spacial score (nSPS) is 20.7. The van der Waals surface area contributed by atoms with Gasteiger partial charge in [0.25, 0.3) is 11.8 Å². The summed E-state index contributed by atoms with van der Waals surface area (Å²) in [6, 6.07) is 7.40. The first-order valence-corrected chi connectivity index (χ1v) is 11.2. The molecule has 0 spiro atoms. The maximum absolute atomic E-state index is 12.7. The predicted molar refractivity (Wildman–Crippen MR) is 108 cm³/mol. The van der Waals surface area contributed by atoms with Crippen LogP contribution in [0.4, 0.5) is 0 Å². The third kappa shape index (κ3) is 4.57. The van der Waals surface area contributed by atoms with Gasteiger partial charge in [-0.2, -0.15) is 0 Å². The number of aliphatic hydroxyl groups excluding tert-OH is 1. The Kier molecular flexibility index (Phi) is 7.68. The van der Waals surface area contributed by atoms with Crippen molar-refractivity contribution < 1.29 is 43.5 Å². The molecule has 1 saturated heterocycles. The van der Waals surface area contributed by atoms with Crippen molar-refractivity contribution in [2.45, 2.75) is 22.7 Å². The quantitative estimate of drug-likeness (QED) is 0.231. The fourth-order valence-electron chi connectivity index (χ4n) is 3.30. The molecule has 2 amide bonds. The van der Waals surface area contributed by atoms with Gasteiger partial charge in [-0.15, -0.1) is 16.9 Å². The first-order valence-electron chi connectivity index (χ1n) is 9.15. The molecule has 11 nitrogen and oxygen atoms in total. The minimum atomic E-state index is -1.46. The van der Waals surface area contributed by atoms with Crippen LogP contribution < -0.4 is 29.3 Å². The molecule has 4 rings (SSSR count). The standard InChI is InChI=1S/C18H18N6O5S2.Li/c1-23-18(20-21-22-23)31-8-10-7-30-16-11(15(27)24(16)12(10)17(28)29)19-14(26)13(25)9-5-3-2-4-6-9;/h2-6,11,13,16,25H,7-8H2,1H3,(H,19,26)(H,28,29);/q;+1/p-1/t11?,13?,16-;/m1./s1. The van der Waals surface area contributed by atoms with Gasteiger partial charge in [-0.05, 0) is 21.6 Å². The Morgan fingerprint density at radius 2 is 2.09 bits per heavy atom. The Balaban J connectivity index is 0.00000289. The van der Waals surface area contributed by atoms with E-state index in [1.807, 2.05) is 0 Å². The molecule has 14 heteroatoms. The second-order valence-corrected chi connectivity index (χ2v) is 8.87. The molecule has 2 N–H and O–H groups in total. The van der Waals surface area contributed by atoms with Crippen LogP contribution in [0.15, 0.2) is 46.8 Å². The number of β-lactam (4-membered cyclic amide) rings is 1. The fourth-order valence-corrected chi connectivity index (χ4v) is 5.63. The maximum atomic E-state index is 12.7. The number of hydrogen-bond acceptors (Lipinski definition) is 10. The van der Waals surface area contributed by atoms with Crippen LogP contribution in [0.5, 0.6) is 0 Å². The smallest absolute Gasteiger partial charge is 0.543 e. The largest absolute Gasteiger partial charge is 1.00 e. The molecule has 32 heavy (non-hydrogen) atoms. The molecule has 0 radical (unpaired) electrons. The molecule has 2 aromatic rings. The molecule has 0 bridgehead atoms. The number of amides is 2. The summed E-state index contributed by atoms with van der Waals surface area (Å²) in [7, 11) is 1.66. The average Bonchev–Trinajstić information content (AvgIpc) is 3.19. The Morgan fingerprint density at radius 3 is 2.72 bits per heavy atom. The van der Waals surface area contributed by atoms with Gasteiger partial charge in [0.15, 0.2) is 6.10 Å². The fraction of sp³-hybridized carbons (Fsp3) is 0.333. The monoisotopic (exact) mass is 468 g/mol. The van der Waals surface area contributed by atoms with E-state index >= 15 is 0 Å². The van der Waals surface area contributed by atoms with E-state index in [4.69, 9.17) is 0 Å². The van der Waals surface area contributed by atoms with Crippen LogP contribution in [0.25, 0.3) is 0 Å². The van der Waals surface area contributed by atoms with E-state index in [0.717, 1.165) is 4.90 Å². The molecule has 2 unspecified atom stereocenters. The number of carboxylic acids is 1. The zero-order valence-electron chi connectivity index (χ0n) is 17.2. The molecule has 2 aliphatic heterocycles. The Hall–Kier alpha value is -2.30. The van der Waals surface area contributed by atoms with Crippen LogP contribution in [-0.4, -0.2) is 70.9 Å². The topological polar surface area (TPSA) is 153 Å². The van der Waals surface area contributed by atoms with Crippen molar-refractivity contribution in [2.24, 2.45) is 7.05 Å². The zero-order valence-corrected chi connectivity index (χ0v) is 18.8. The molecular weight excluding hydrogens is 451 g/mol. The van der Waals surface area contributed by atoms with Crippen molar-refractivity contribution in [3.63, 3.8) is 0 Å². The second kappa shape index (κ2) is 10.1. The van der Waals surface area contributed by atoms with Crippen molar-refractivity contribution in [2.75, 3.05) is 11.5 Å². The van der Waals surface area contributed by atoms with E-state index in [-0.39, 0.29) is 30.3 Å². The zero-order chi connectivity index (χ0) is 22.1. The predicted octanol–water partition coefficient (Wildman–Crippen LogP) is -4.56. The van der Waals surface area contributed by atoms with Gasteiger partial charge in [0, 0.05) is 18.6 Å². The molecule has 1 aromatic carbocycles. The Morgan fingerprint density at radius 1 is 1.38 bits per heavy atom. The van der Waals surface area contributed by atoms with E-state index in [2.05, 4.69) is 20.8 Å². The van der Waals surface area contributed by atoms with Crippen LogP contribution in [0.1, 0.15) is 11.7 Å². The van der Waals surface area contributed by atoms with E-state index in [1.165, 1.54) is 28.2 Å². The summed E-state index contributed by atoms with van der Waals surface area (Å²) < 4.78 is 1.46. The number of tetrazole rings is 1. The van der Waals surface area contributed by atoms with Gasteiger partial charge in [0.2, 0.25) is 5.16 Å². The van der Waals surface area contributed by atoms with Gasteiger partial charge < -0.3 is 20.3 Å². The molecule has 1 fully saturated rings. The minimum Gasteiger partial charge on any atom is -0.543 e. The number of benzene rings is 1. The van der Waals surface area contributed by atoms with Crippen molar-refractivity contribution in [1.82, 2.24) is 30.4 Å². The Bertz CT molecular complexity index is 1070. The van der Waals surface area contributed by atoms with Gasteiger partial charge in [-0.3, -0.25) is 14.5 Å². The summed E-state index contributed by atoms with van der Waals surface area (Å²) in [5.74, 6) is -2.14. The van der Waals surface area contributed by atoms with Crippen molar-refractivity contribution in [3.8, 4) is 0 Å². The number of aromatic nitrogens is 4. The second-order valence-electron chi connectivity index (χ2n) is 6.82. The SMILES string of the molecule is Cn1nnnc1SCC1=C(C(=O)[O-])N2C(=O)C(NC(=O)C(O)c3ccccc3)[C@H]2SC1.[Li+]. The number of carbonyl (C=O) groups excluding carboxylic acids is 3. The molecule has 0 aliphatic carbocycles. The van der Waals surface area contributed by atoms with Gasteiger partial charge >= 0.3 is 18.9 Å². The molecule has 0 saturated carbocycles. The van der Waals surface area contributed by atoms with Crippen LogP contribution >= 0.6 is 23.5 Å². The number of nitrogens with zero attached hydrogens (tertiary/aromatic N) is 5. The van der Waals surface area contributed by atoms with Gasteiger partial charge in [-0.1, -0.05) is 42.1 Å². The number of nitrogens with one attached hydrogen (secondary N) is 1. The van der Waals surface area contributed by atoms with E-state index in [1.54, 1.807) is 37.4 Å². The first-order chi connectivity index (χ1) is 14.9. The molecule has 1 aromatic heterocycles. The number of carboxylic acid groups (broad SMARTS) is 1. The average molecular weight is 468 g/mol. The first kappa shape index (κ1) is 24.3. The van der Waals surface area contributed by atoms with Crippen LogP contribution in [0, 0.1) is 0 Å². The van der Waals surface area contributed by atoms with Crippen LogP contribution in [0.3, 0.4) is 0 Å². The summed E-state index contributed by atoms with van der Waals surface area (Å²) in [5, 5.41) is 35.6. The molecular formula is C18H17LiN6O5S2. The Labute approximate surface area is 203 Å². The molecule has 162 valence electrons. The summed E-state index contributed by atoms with van der Waals surface area (Å²) in [4.78, 5) is 38.0. The molecule has 2 aliphatic rings. The van der Waals surface area contributed by atoms with E-state index in [9.17, 15) is 24.6 Å². The van der Waals surface area contributed by atoms with Gasteiger partial charge in [0.05, 0.1) is 11.7 Å². The van der Waals surface area contributed by atoms with Crippen LogP contribution in [-0.2, 0) is 21.4 Å². The van der Waals surface area contributed by atoms with Crippen molar-refractivity contribution >= 4 is 41.3 Å². The van der Waals surface area contributed by atoms with E-state index in [0.29, 0.717) is 22.0 Å². The number of aliphatic carboxylic acids is 1. The number of thioether (sulfide) groups is 2. The number of hydrogen-bond donors (Lipinski definition) is 2. The van der Waals surface area contributed by atoms with Crippen LogP contribution in [0.2, 0.25) is 0 Å². The van der Waals surface area contributed by atoms with Crippen molar-refractivity contribution in [1.29, 1.82) is 0 Å². The summed E-state index contributed by atoms with van der Waals surface area (Å²) in [6.07, 6.45) is -1.43. The number of rotatable bonds is 7. The third-order valence-electron chi connectivity index (χ3n) is 4.86. The number of aliphatic hydroxyl groups is 1. The number of carbonyl (C=O) groups is 3. The maximum Gasteiger partial charge on any atom is 1.00 e. The minimum absolute atomic E-state index is 0. The van der Waals surface area contributed by atoms with Gasteiger partial charge in [-0.25, -0.2) is 4.68 Å². The summed E-state index contributed by atoms with van der Waals surface area (Å²) in [5.41, 5.74) is 0.718. The van der Waals surface area contributed by atoms with E-state index < -0.39 is 35.3 Å². The van der Waals surface area contributed by atoms with Gasteiger partial charge in [0.1, 0.15) is 11.4 Å². The van der Waals surface area contributed by atoms with Crippen molar-refractivity contribution in [3.05, 3.63) is 47.2 Å². The summed E-state index contributed by atoms with van der Waals surface area (Å²) >= 11 is 2.58. The number of aryl methyl sites for hydroxylation is 1. The molecule has 3 atom stereocenters. The summed E-state index contributed by atoms with van der Waals surface area (Å²) in [6.45, 7) is 0.